The first kappa shape index (κ1) is 14.5. The van der Waals surface area contributed by atoms with Crippen LogP contribution in [-0.4, -0.2) is 42.8 Å². The zero-order valence-electron chi connectivity index (χ0n) is 9.67. The molecule has 0 aliphatic carbocycles. The van der Waals surface area contributed by atoms with E-state index in [-0.39, 0.29) is 12.5 Å². The summed E-state index contributed by atoms with van der Waals surface area (Å²) in [6.45, 7) is 7.08. The number of ether oxygens (including phenoxy) is 1. The molecule has 0 fully saturated rings. The van der Waals surface area contributed by atoms with Crippen molar-refractivity contribution in [3.63, 3.8) is 0 Å². The minimum atomic E-state index is -1.11. The van der Waals surface area contributed by atoms with Crippen LogP contribution in [0.3, 0.4) is 0 Å². The molecule has 0 aliphatic rings. The van der Waals surface area contributed by atoms with Gasteiger partial charge >= 0.3 is 5.97 Å². The van der Waals surface area contributed by atoms with Crippen molar-refractivity contribution < 1.29 is 14.6 Å². The standard InChI is InChI=1S/C11H18N2O3/c1-9(2)16-11(15)10(14)5-8-13-7-4-6-12-3/h4,6-7,9-10,14H,3,5,8H2,1-2H3/b6-4-,13-7-. The van der Waals surface area contributed by atoms with Crippen molar-refractivity contribution in [1.82, 2.24) is 0 Å². The van der Waals surface area contributed by atoms with Gasteiger partial charge in [0.1, 0.15) is 0 Å². The van der Waals surface area contributed by atoms with Gasteiger partial charge in [0.25, 0.3) is 0 Å². The van der Waals surface area contributed by atoms with E-state index in [0.717, 1.165) is 0 Å². The fraction of sp³-hybridized carbons (Fsp3) is 0.545. The minimum absolute atomic E-state index is 0.216. The molecule has 0 aliphatic heterocycles. The first-order valence-electron chi connectivity index (χ1n) is 5.07. The highest BCUT2D eigenvalue weighted by Crippen LogP contribution is 1.98. The van der Waals surface area contributed by atoms with Crippen molar-refractivity contribution in [2.45, 2.75) is 32.5 Å². The zero-order valence-corrected chi connectivity index (χ0v) is 9.67. The molecule has 0 saturated heterocycles. The number of aliphatic hydroxyl groups is 1. The molecule has 0 aromatic carbocycles. The van der Waals surface area contributed by atoms with Crippen LogP contribution < -0.4 is 0 Å². The monoisotopic (exact) mass is 226 g/mol. The molecule has 0 amide bonds. The summed E-state index contributed by atoms with van der Waals surface area (Å²) >= 11 is 0. The molecule has 0 aromatic heterocycles. The van der Waals surface area contributed by atoms with E-state index in [0.29, 0.717) is 6.54 Å². The lowest BCUT2D eigenvalue weighted by Crippen LogP contribution is -2.26. The Morgan fingerprint density at radius 3 is 2.81 bits per heavy atom. The number of hydrogen-bond acceptors (Lipinski definition) is 5. The number of rotatable bonds is 7. The summed E-state index contributed by atoms with van der Waals surface area (Å²) in [5, 5.41) is 9.37. The molecule has 5 nitrogen and oxygen atoms in total. The largest absolute Gasteiger partial charge is 0.461 e. The second-order valence-corrected chi connectivity index (χ2v) is 3.37. The molecule has 16 heavy (non-hydrogen) atoms. The second-order valence-electron chi connectivity index (χ2n) is 3.37. The molecular weight excluding hydrogens is 208 g/mol. The number of carbonyl (C=O) groups excluding carboxylic acids is 1. The Kier molecular flexibility index (Phi) is 7.97. The molecule has 0 saturated carbocycles. The Labute approximate surface area is 95.6 Å². The zero-order chi connectivity index (χ0) is 12.4. The van der Waals surface area contributed by atoms with Crippen molar-refractivity contribution in [3.05, 3.63) is 12.3 Å². The second kappa shape index (κ2) is 8.79. The third-order valence-electron chi connectivity index (χ3n) is 1.54. The highest BCUT2D eigenvalue weighted by Gasteiger charge is 2.16. The third kappa shape index (κ3) is 7.87. The van der Waals surface area contributed by atoms with E-state index in [1.54, 1.807) is 19.9 Å². The average molecular weight is 226 g/mol. The van der Waals surface area contributed by atoms with Crippen LogP contribution in [0.5, 0.6) is 0 Å². The Bertz CT molecular complexity index is 272. The number of hydrogen-bond donors (Lipinski definition) is 1. The maximum atomic E-state index is 11.2. The molecule has 0 radical (unpaired) electrons. The fourth-order valence-corrected chi connectivity index (χ4v) is 0.860. The van der Waals surface area contributed by atoms with Crippen LogP contribution in [0.4, 0.5) is 0 Å². The molecule has 0 spiro atoms. The average Bonchev–Trinajstić information content (AvgIpc) is 2.21. The van der Waals surface area contributed by atoms with Crippen LogP contribution >= 0.6 is 0 Å². The van der Waals surface area contributed by atoms with Gasteiger partial charge in [0, 0.05) is 25.4 Å². The smallest absolute Gasteiger partial charge is 0.335 e. The van der Waals surface area contributed by atoms with Gasteiger partial charge in [-0.05, 0) is 26.6 Å². The van der Waals surface area contributed by atoms with Crippen molar-refractivity contribution in [2.24, 2.45) is 9.98 Å². The molecule has 90 valence electrons. The number of carbonyl (C=O) groups is 1. The van der Waals surface area contributed by atoms with Gasteiger partial charge in [0.05, 0.1) is 6.10 Å². The van der Waals surface area contributed by atoms with E-state index >= 15 is 0 Å². The van der Waals surface area contributed by atoms with Gasteiger partial charge in [-0.15, -0.1) is 0 Å². The van der Waals surface area contributed by atoms with Crippen LogP contribution in [0, 0.1) is 0 Å². The van der Waals surface area contributed by atoms with Crippen molar-refractivity contribution in [2.75, 3.05) is 6.54 Å². The maximum Gasteiger partial charge on any atom is 0.335 e. The van der Waals surface area contributed by atoms with E-state index in [1.165, 1.54) is 12.4 Å². The van der Waals surface area contributed by atoms with Gasteiger partial charge in [0.15, 0.2) is 6.10 Å². The maximum absolute atomic E-state index is 11.2. The number of aliphatic hydroxyl groups excluding tert-OH is 1. The number of nitrogens with zero attached hydrogens (tertiary/aromatic N) is 2. The number of allylic oxidation sites excluding steroid dienone is 1. The number of esters is 1. The van der Waals surface area contributed by atoms with Crippen LogP contribution in [-0.2, 0) is 9.53 Å². The van der Waals surface area contributed by atoms with Gasteiger partial charge in [-0.25, -0.2) is 4.79 Å². The van der Waals surface area contributed by atoms with Crippen LogP contribution in [0.2, 0.25) is 0 Å². The summed E-state index contributed by atoms with van der Waals surface area (Å²) in [6.07, 6.45) is 3.57. The topological polar surface area (TPSA) is 71.2 Å². The molecule has 0 bridgehead atoms. The highest BCUT2D eigenvalue weighted by atomic mass is 16.6. The number of aliphatic imine (C=N–C) groups is 2. The Hall–Kier alpha value is -1.49. The predicted molar refractivity (Wildman–Crippen MR) is 63.9 cm³/mol. The van der Waals surface area contributed by atoms with Gasteiger partial charge < -0.3 is 9.84 Å². The molecule has 0 rings (SSSR count). The van der Waals surface area contributed by atoms with Crippen LogP contribution in [0.25, 0.3) is 0 Å². The lowest BCUT2D eigenvalue weighted by Gasteiger charge is -2.11. The molecular formula is C11H18N2O3. The highest BCUT2D eigenvalue weighted by molar-refractivity contribution is 5.74. The van der Waals surface area contributed by atoms with E-state index in [2.05, 4.69) is 16.7 Å². The summed E-state index contributed by atoms with van der Waals surface area (Å²) in [7, 11) is 0. The summed E-state index contributed by atoms with van der Waals surface area (Å²) in [4.78, 5) is 18.6. The lowest BCUT2D eigenvalue weighted by atomic mass is 10.2. The SMILES string of the molecule is C=N/C=C\C=N/CCC(O)C(=O)OC(C)C. The summed E-state index contributed by atoms with van der Waals surface area (Å²) in [6, 6.07) is 0. The Morgan fingerprint density at radius 1 is 1.56 bits per heavy atom. The Morgan fingerprint density at radius 2 is 2.25 bits per heavy atom. The van der Waals surface area contributed by atoms with Gasteiger partial charge in [-0.3, -0.25) is 9.98 Å². The molecule has 0 heterocycles. The summed E-state index contributed by atoms with van der Waals surface area (Å²) in [5.74, 6) is -0.603. The van der Waals surface area contributed by atoms with Gasteiger partial charge in [0.2, 0.25) is 0 Å². The fourth-order valence-electron chi connectivity index (χ4n) is 0.860. The molecule has 1 unspecified atom stereocenters. The minimum Gasteiger partial charge on any atom is -0.461 e. The third-order valence-corrected chi connectivity index (χ3v) is 1.54. The van der Waals surface area contributed by atoms with E-state index in [4.69, 9.17) is 4.74 Å². The first-order chi connectivity index (χ1) is 7.57. The molecule has 5 heteroatoms. The van der Waals surface area contributed by atoms with Gasteiger partial charge in [-0.2, -0.15) is 0 Å². The van der Waals surface area contributed by atoms with E-state index < -0.39 is 12.1 Å². The molecule has 0 aromatic rings. The normalized spacial score (nSPS) is 13.5. The summed E-state index contributed by atoms with van der Waals surface area (Å²) in [5.41, 5.74) is 0. The molecule has 1 atom stereocenters. The van der Waals surface area contributed by atoms with E-state index in [1.807, 2.05) is 0 Å². The summed E-state index contributed by atoms with van der Waals surface area (Å²) < 4.78 is 4.83. The van der Waals surface area contributed by atoms with Crippen LogP contribution in [0.1, 0.15) is 20.3 Å². The quantitative estimate of drug-likeness (QED) is 0.519. The Balaban J connectivity index is 3.76. The van der Waals surface area contributed by atoms with E-state index in [9.17, 15) is 9.90 Å². The predicted octanol–water partition coefficient (Wildman–Crippen LogP) is 0.974. The van der Waals surface area contributed by atoms with Crippen molar-refractivity contribution in [1.29, 1.82) is 0 Å². The van der Waals surface area contributed by atoms with Crippen molar-refractivity contribution in [3.8, 4) is 0 Å². The van der Waals surface area contributed by atoms with Gasteiger partial charge in [-0.1, -0.05) is 0 Å². The molecule has 1 N–H and O–H groups in total. The first-order valence-corrected chi connectivity index (χ1v) is 5.07. The van der Waals surface area contributed by atoms with Crippen molar-refractivity contribution >= 4 is 18.9 Å². The van der Waals surface area contributed by atoms with Crippen LogP contribution in [0.15, 0.2) is 22.3 Å². The lowest BCUT2D eigenvalue weighted by molar-refractivity contribution is -0.157.